The molecule has 0 atom stereocenters. The van der Waals surface area contributed by atoms with E-state index in [0.717, 1.165) is 25.7 Å². The first-order chi connectivity index (χ1) is 10.0. The van der Waals surface area contributed by atoms with Crippen LogP contribution in [0.1, 0.15) is 54.4 Å². The van der Waals surface area contributed by atoms with Crippen LogP contribution in [-0.4, -0.2) is 28.8 Å². The largest absolute Gasteiger partial charge is 0.339 e. The molecule has 5 heteroatoms. The van der Waals surface area contributed by atoms with Gasteiger partial charge in [-0.1, -0.05) is 31.7 Å². The summed E-state index contributed by atoms with van der Waals surface area (Å²) in [6, 6.07) is 4.97. The molecular formula is C16H22N2O3. The molecule has 0 aromatic heterocycles. The van der Waals surface area contributed by atoms with E-state index in [1.54, 1.807) is 24.0 Å². The van der Waals surface area contributed by atoms with Gasteiger partial charge in [0.25, 0.3) is 11.6 Å². The van der Waals surface area contributed by atoms with Crippen molar-refractivity contribution in [1.29, 1.82) is 0 Å². The molecule has 1 aromatic carbocycles. The van der Waals surface area contributed by atoms with Gasteiger partial charge in [0.05, 0.1) is 4.92 Å². The normalized spacial score (nSPS) is 16.3. The second-order valence-corrected chi connectivity index (χ2v) is 5.82. The molecule has 0 unspecified atom stereocenters. The summed E-state index contributed by atoms with van der Waals surface area (Å²) in [4.78, 5) is 24.9. The molecule has 0 spiro atoms. The molecular weight excluding hydrogens is 268 g/mol. The molecule has 114 valence electrons. The minimum atomic E-state index is -0.433. The Labute approximate surface area is 125 Å². The third kappa shape index (κ3) is 3.60. The van der Waals surface area contributed by atoms with Crippen LogP contribution in [0.15, 0.2) is 18.2 Å². The molecule has 1 aromatic rings. The monoisotopic (exact) mass is 290 g/mol. The lowest BCUT2D eigenvalue weighted by Crippen LogP contribution is -2.36. The van der Waals surface area contributed by atoms with E-state index in [2.05, 4.69) is 0 Å². The van der Waals surface area contributed by atoms with Gasteiger partial charge in [0.15, 0.2) is 0 Å². The first-order valence-corrected chi connectivity index (χ1v) is 7.53. The predicted molar refractivity (Wildman–Crippen MR) is 81.4 cm³/mol. The van der Waals surface area contributed by atoms with Gasteiger partial charge < -0.3 is 4.90 Å². The van der Waals surface area contributed by atoms with E-state index in [9.17, 15) is 14.9 Å². The molecule has 0 radical (unpaired) electrons. The number of benzene rings is 1. The molecule has 0 saturated heterocycles. The van der Waals surface area contributed by atoms with Gasteiger partial charge in [0.1, 0.15) is 0 Å². The number of amides is 1. The van der Waals surface area contributed by atoms with Crippen LogP contribution in [0.5, 0.6) is 0 Å². The SMILES string of the molecule is Cc1ccc(C(=O)N(C)C2CCCCCC2)cc1[N+](=O)[O-]. The van der Waals surface area contributed by atoms with Crippen molar-refractivity contribution in [3.8, 4) is 0 Å². The van der Waals surface area contributed by atoms with E-state index in [4.69, 9.17) is 0 Å². The van der Waals surface area contributed by atoms with E-state index in [0.29, 0.717) is 11.1 Å². The maximum Gasteiger partial charge on any atom is 0.273 e. The van der Waals surface area contributed by atoms with Crippen molar-refractivity contribution >= 4 is 11.6 Å². The molecule has 2 rings (SSSR count). The Bertz CT molecular complexity index is 534. The van der Waals surface area contributed by atoms with Gasteiger partial charge in [-0.15, -0.1) is 0 Å². The molecule has 0 aliphatic heterocycles. The summed E-state index contributed by atoms with van der Waals surface area (Å²) in [5.74, 6) is -0.120. The van der Waals surface area contributed by atoms with Crippen molar-refractivity contribution in [2.75, 3.05) is 7.05 Å². The molecule has 0 heterocycles. The van der Waals surface area contributed by atoms with Crippen LogP contribution in [0.2, 0.25) is 0 Å². The summed E-state index contributed by atoms with van der Waals surface area (Å²) >= 11 is 0. The lowest BCUT2D eigenvalue weighted by atomic mass is 10.0. The number of aryl methyl sites for hydroxylation is 1. The summed E-state index contributed by atoms with van der Waals surface area (Å²) in [5.41, 5.74) is 0.989. The number of carbonyl (C=O) groups excluding carboxylic acids is 1. The Kier molecular flexibility index (Phi) is 4.94. The second kappa shape index (κ2) is 6.70. The van der Waals surface area contributed by atoms with Crippen LogP contribution < -0.4 is 0 Å². The highest BCUT2D eigenvalue weighted by Gasteiger charge is 2.23. The standard InChI is InChI=1S/C16H22N2O3/c1-12-9-10-13(11-15(12)18(20)21)16(19)17(2)14-7-5-3-4-6-8-14/h9-11,14H,3-8H2,1-2H3. The Balaban J connectivity index is 2.18. The number of nitro benzene ring substituents is 1. The van der Waals surface area contributed by atoms with Crippen LogP contribution in [0.4, 0.5) is 5.69 Å². The molecule has 1 amide bonds. The number of hydrogen-bond acceptors (Lipinski definition) is 3. The van der Waals surface area contributed by atoms with Gasteiger partial charge in [-0.2, -0.15) is 0 Å². The highest BCUT2D eigenvalue weighted by Crippen LogP contribution is 2.24. The van der Waals surface area contributed by atoms with Gasteiger partial charge in [-0.05, 0) is 25.8 Å². The van der Waals surface area contributed by atoms with Crippen molar-refractivity contribution in [3.05, 3.63) is 39.4 Å². The number of carbonyl (C=O) groups is 1. The van der Waals surface area contributed by atoms with Gasteiger partial charge in [-0.25, -0.2) is 0 Å². The summed E-state index contributed by atoms with van der Waals surface area (Å²) in [6.07, 6.45) is 6.81. The Morgan fingerprint density at radius 1 is 1.24 bits per heavy atom. The van der Waals surface area contributed by atoms with Gasteiger partial charge in [0, 0.05) is 30.3 Å². The number of nitro groups is 1. The Morgan fingerprint density at radius 3 is 2.43 bits per heavy atom. The minimum absolute atomic E-state index is 0.00937. The van der Waals surface area contributed by atoms with E-state index < -0.39 is 4.92 Å². The van der Waals surface area contributed by atoms with Gasteiger partial charge in [-0.3, -0.25) is 14.9 Å². The number of nitrogens with zero attached hydrogens (tertiary/aromatic N) is 2. The van der Waals surface area contributed by atoms with Crippen LogP contribution in [0, 0.1) is 17.0 Å². The minimum Gasteiger partial charge on any atom is -0.339 e. The number of rotatable bonds is 3. The fourth-order valence-corrected chi connectivity index (χ4v) is 2.95. The van der Waals surface area contributed by atoms with Crippen LogP contribution in [-0.2, 0) is 0 Å². The van der Waals surface area contributed by atoms with Crippen LogP contribution in [0.3, 0.4) is 0 Å². The molecule has 1 aliphatic carbocycles. The van der Waals surface area contributed by atoms with Crippen molar-refractivity contribution in [3.63, 3.8) is 0 Å². The average molecular weight is 290 g/mol. The van der Waals surface area contributed by atoms with E-state index in [1.165, 1.54) is 18.9 Å². The van der Waals surface area contributed by atoms with Crippen molar-refractivity contribution in [2.45, 2.75) is 51.5 Å². The lowest BCUT2D eigenvalue weighted by Gasteiger charge is -2.27. The molecule has 1 saturated carbocycles. The zero-order chi connectivity index (χ0) is 15.4. The summed E-state index contributed by atoms with van der Waals surface area (Å²) in [7, 11) is 1.81. The highest BCUT2D eigenvalue weighted by molar-refractivity contribution is 5.95. The average Bonchev–Trinajstić information content (AvgIpc) is 2.75. The summed E-state index contributed by atoms with van der Waals surface area (Å²) in [5, 5.41) is 11.0. The molecule has 21 heavy (non-hydrogen) atoms. The van der Waals surface area contributed by atoms with Crippen molar-refractivity contribution in [1.82, 2.24) is 4.90 Å². The molecule has 1 fully saturated rings. The van der Waals surface area contributed by atoms with Crippen LogP contribution >= 0.6 is 0 Å². The fraction of sp³-hybridized carbons (Fsp3) is 0.562. The predicted octanol–water partition coefficient (Wildman–Crippen LogP) is 3.70. The van der Waals surface area contributed by atoms with Crippen LogP contribution in [0.25, 0.3) is 0 Å². The first-order valence-electron chi connectivity index (χ1n) is 7.53. The van der Waals surface area contributed by atoms with Gasteiger partial charge in [0.2, 0.25) is 0 Å². The smallest absolute Gasteiger partial charge is 0.273 e. The lowest BCUT2D eigenvalue weighted by molar-refractivity contribution is -0.385. The number of hydrogen-bond donors (Lipinski definition) is 0. The third-order valence-corrected chi connectivity index (χ3v) is 4.35. The fourth-order valence-electron chi connectivity index (χ4n) is 2.95. The van der Waals surface area contributed by atoms with Crippen molar-refractivity contribution in [2.24, 2.45) is 0 Å². The third-order valence-electron chi connectivity index (χ3n) is 4.35. The van der Waals surface area contributed by atoms with Crippen molar-refractivity contribution < 1.29 is 9.72 Å². The molecule has 0 bridgehead atoms. The van der Waals surface area contributed by atoms with E-state index >= 15 is 0 Å². The summed E-state index contributed by atoms with van der Waals surface area (Å²) < 4.78 is 0. The van der Waals surface area contributed by atoms with Gasteiger partial charge >= 0.3 is 0 Å². The maximum absolute atomic E-state index is 12.5. The quantitative estimate of drug-likeness (QED) is 0.484. The highest BCUT2D eigenvalue weighted by atomic mass is 16.6. The molecule has 0 N–H and O–H groups in total. The first kappa shape index (κ1) is 15.5. The Hall–Kier alpha value is -1.91. The Morgan fingerprint density at radius 2 is 1.86 bits per heavy atom. The zero-order valence-electron chi connectivity index (χ0n) is 12.7. The van der Waals surface area contributed by atoms with E-state index in [1.807, 2.05) is 7.05 Å². The summed E-state index contributed by atoms with van der Waals surface area (Å²) in [6.45, 7) is 1.68. The van der Waals surface area contributed by atoms with E-state index in [-0.39, 0.29) is 17.6 Å². The zero-order valence-corrected chi connectivity index (χ0v) is 12.7. The second-order valence-electron chi connectivity index (χ2n) is 5.82. The maximum atomic E-state index is 12.5. The molecule has 1 aliphatic rings. The molecule has 5 nitrogen and oxygen atoms in total. The topological polar surface area (TPSA) is 63.5 Å².